The van der Waals surface area contributed by atoms with Crippen LogP contribution >= 0.6 is 0 Å². The highest BCUT2D eigenvalue weighted by atomic mass is 16.4. The second kappa shape index (κ2) is 4.00. The first kappa shape index (κ1) is 10.1. The fourth-order valence-electron chi connectivity index (χ4n) is 1.63. The summed E-state index contributed by atoms with van der Waals surface area (Å²) in [5.74, 6) is -0.715. The monoisotopic (exact) mass is 212 g/mol. The molecule has 1 aliphatic heterocycles. The highest BCUT2D eigenvalue weighted by molar-refractivity contribution is 5.84. The molecule has 15 heavy (non-hydrogen) atoms. The number of hydrogen-bond donors (Lipinski definition) is 2. The zero-order valence-electron chi connectivity index (χ0n) is 8.09. The van der Waals surface area contributed by atoms with Crippen molar-refractivity contribution in [1.82, 2.24) is 9.88 Å². The maximum absolute atomic E-state index is 10.5. The van der Waals surface area contributed by atoms with Gasteiger partial charge in [-0.15, -0.1) is 0 Å². The molecule has 2 N–H and O–H groups in total. The summed E-state index contributed by atoms with van der Waals surface area (Å²) >= 11 is 0. The molecule has 0 saturated carbocycles. The summed E-state index contributed by atoms with van der Waals surface area (Å²) in [5.41, 5.74) is -0.0789. The molecule has 0 spiro atoms. The van der Waals surface area contributed by atoms with Gasteiger partial charge in [-0.2, -0.15) is 0 Å². The zero-order chi connectivity index (χ0) is 10.8. The van der Waals surface area contributed by atoms with Gasteiger partial charge in [0.2, 0.25) is 5.89 Å². The Labute approximate surface area is 86.1 Å². The molecule has 1 aromatic heterocycles. The van der Waals surface area contributed by atoms with Gasteiger partial charge >= 0.3 is 5.97 Å². The molecule has 1 aliphatic rings. The molecular formula is C9H12N2O4. The second-order valence-corrected chi connectivity index (χ2v) is 3.61. The van der Waals surface area contributed by atoms with Gasteiger partial charge in [0.25, 0.3) is 0 Å². The van der Waals surface area contributed by atoms with Crippen LogP contribution in [0.3, 0.4) is 0 Å². The van der Waals surface area contributed by atoms with Crippen LogP contribution in [0.1, 0.15) is 22.8 Å². The zero-order valence-corrected chi connectivity index (χ0v) is 8.09. The van der Waals surface area contributed by atoms with E-state index in [-0.39, 0.29) is 11.8 Å². The summed E-state index contributed by atoms with van der Waals surface area (Å²) < 4.78 is 5.01. The van der Waals surface area contributed by atoms with Crippen molar-refractivity contribution in [3.63, 3.8) is 0 Å². The molecule has 1 unspecified atom stereocenters. The van der Waals surface area contributed by atoms with Crippen LogP contribution in [0.25, 0.3) is 0 Å². The molecule has 1 saturated heterocycles. The van der Waals surface area contributed by atoms with Crippen molar-refractivity contribution in [2.24, 2.45) is 0 Å². The number of aromatic nitrogens is 1. The predicted molar refractivity (Wildman–Crippen MR) is 49.4 cm³/mol. The molecule has 0 aliphatic carbocycles. The van der Waals surface area contributed by atoms with Gasteiger partial charge in [-0.1, -0.05) is 0 Å². The third-order valence-electron chi connectivity index (χ3n) is 2.38. The standard InChI is InChI=1S/C9H12N2O4/c12-6-1-2-11(3-6)4-8-10-7(5-15-8)9(13)14/h5-6,12H,1-4H2,(H,13,14). The molecule has 1 aromatic rings. The van der Waals surface area contributed by atoms with Crippen molar-refractivity contribution in [3.8, 4) is 0 Å². The first-order valence-electron chi connectivity index (χ1n) is 4.73. The fraction of sp³-hybridized carbons (Fsp3) is 0.556. The lowest BCUT2D eigenvalue weighted by Gasteiger charge is -2.11. The van der Waals surface area contributed by atoms with Crippen molar-refractivity contribution in [2.75, 3.05) is 13.1 Å². The molecule has 0 radical (unpaired) electrons. The van der Waals surface area contributed by atoms with Crippen molar-refractivity contribution in [3.05, 3.63) is 17.8 Å². The average Bonchev–Trinajstić information content (AvgIpc) is 2.76. The molecule has 0 amide bonds. The Kier molecular flexibility index (Phi) is 2.70. The van der Waals surface area contributed by atoms with E-state index in [1.807, 2.05) is 4.90 Å². The highest BCUT2D eigenvalue weighted by Crippen LogP contribution is 2.13. The summed E-state index contributed by atoms with van der Waals surface area (Å²) in [6.45, 7) is 1.82. The third-order valence-corrected chi connectivity index (χ3v) is 2.38. The van der Waals surface area contributed by atoms with Crippen molar-refractivity contribution in [2.45, 2.75) is 19.1 Å². The number of aliphatic hydroxyl groups is 1. The topological polar surface area (TPSA) is 86.8 Å². The molecular weight excluding hydrogens is 200 g/mol. The van der Waals surface area contributed by atoms with E-state index in [0.717, 1.165) is 19.2 Å². The van der Waals surface area contributed by atoms with E-state index in [9.17, 15) is 9.90 Å². The van der Waals surface area contributed by atoms with Crippen LogP contribution in [-0.4, -0.2) is 45.3 Å². The summed E-state index contributed by atoms with van der Waals surface area (Å²) in [6.07, 6.45) is 1.58. The van der Waals surface area contributed by atoms with Crippen molar-refractivity contribution in [1.29, 1.82) is 0 Å². The summed E-state index contributed by atoms with van der Waals surface area (Å²) in [6, 6.07) is 0. The number of carboxylic acids is 1. The van der Waals surface area contributed by atoms with Crippen LogP contribution in [0.5, 0.6) is 0 Å². The Balaban J connectivity index is 1.96. The number of oxazole rings is 1. The predicted octanol–water partition coefficient (Wildman–Crippen LogP) is -0.0606. The fourth-order valence-corrected chi connectivity index (χ4v) is 1.63. The quantitative estimate of drug-likeness (QED) is 0.729. The summed E-state index contributed by atoms with van der Waals surface area (Å²) in [4.78, 5) is 16.3. The summed E-state index contributed by atoms with van der Waals surface area (Å²) in [7, 11) is 0. The number of hydrogen-bond acceptors (Lipinski definition) is 5. The smallest absolute Gasteiger partial charge is 0.357 e. The van der Waals surface area contributed by atoms with Gasteiger partial charge in [0.05, 0.1) is 12.6 Å². The van der Waals surface area contributed by atoms with E-state index in [2.05, 4.69) is 4.98 Å². The van der Waals surface area contributed by atoms with Crippen LogP contribution < -0.4 is 0 Å². The number of rotatable bonds is 3. The molecule has 82 valence electrons. The van der Waals surface area contributed by atoms with E-state index >= 15 is 0 Å². The van der Waals surface area contributed by atoms with Crippen molar-refractivity contribution >= 4 is 5.97 Å². The number of likely N-dealkylation sites (tertiary alicyclic amines) is 1. The minimum Gasteiger partial charge on any atom is -0.476 e. The van der Waals surface area contributed by atoms with E-state index in [1.165, 1.54) is 0 Å². The number of aromatic carboxylic acids is 1. The lowest BCUT2D eigenvalue weighted by molar-refractivity contribution is 0.0690. The Morgan fingerprint density at radius 1 is 1.73 bits per heavy atom. The van der Waals surface area contributed by atoms with Gasteiger partial charge in [-0.3, -0.25) is 4.90 Å². The number of β-amino-alcohol motifs (C(OH)–C–C–N with tert-alkyl or cyclic N) is 1. The minimum atomic E-state index is -1.09. The maximum Gasteiger partial charge on any atom is 0.357 e. The lowest BCUT2D eigenvalue weighted by Crippen LogP contribution is -2.21. The molecule has 1 fully saturated rings. The van der Waals surface area contributed by atoms with E-state index in [1.54, 1.807) is 0 Å². The Hall–Kier alpha value is -1.40. The molecule has 6 nitrogen and oxygen atoms in total. The largest absolute Gasteiger partial charge is 0.476 e. The van der Waals surface area contributed by atoms with Gasteiger partial charge in [-0.05, 0) is 6.42 Å². The molecule has 6 heteroatoms. The Morgan fingerprint density at radius 2 is 2.53 bits per heavy atom. The van der Waals surface area contributed by atoms with Crippen molar-refractivity contribution < 1.29 is 19.4 Å². The number of carbonyl (C=O) groups is 1. The van der Waals surface area contributed by atoms with Crippen LogP contribution in [0.2, 0.25) is 0 Å². The Morgan fingerprint density at radius 3 is 3.07 bits per heavy atom. The van der Waals surface area contributed by atoms with Gasteiger partial charge in [-0.25, -0.2) is 9.78 Å². The van der Waals surface area contributed by atoms with E-state index < -0.39 is 5.97 Å². The first-order valence-corrected chi connectivity index (χ1v) is 4.73. The second-order valence-electron chi connectivity index (χ2n) is 3.61. The van der Waals surface area contributed by atoms with Gasteiger partial charge in [0.1, 0.15) is 6.26 Å². The van der Waals surface area contributed by atoms with Crippen LogP contribution in [0.15, 0.2) is 10.7 Å². The van der Waals surface area contributed by atoms with Crippen LogP contribution in [-0.2, 0) is 6.54 Å². The average molecular weight is 212 g/mol. The Bertz CT molecular complexity index is 363. The number of nitrogens with zero attached hydrogens (tertiary/aromatic N) is 2. The number of carboxylic acid groups (broad SMARTS) is 1. The van der Waals surface area contributed by atoms with Crippen LogP contribution in [0, 0.1) is 0 Å². The molecule has 2 heterocycles. The normalized spacial score (nSPS) is 22.1. The molecule has 2 rings (SSSR count). The molecule has 0 bridgehead atoms. The van der Waals surface area contributed by atoms with Gasteiger partial charge in [0.15, 0.2) is 5.69 Å². The molecule has 0 aromatic carbocycles. The number of aliphatic hydroxyl groups excluding tert-OH is 1. The summed E-state index contributed by atoms with van der Waals surface area (Å²) in [5, 5.41) is 17.9. The van der Waals surface area contributed by atoms with Gasteiger partial charge < -0.3 is 14.6 Å². The van der Waals surface area contributed by atoms with Crippen LogP contribution in [0.4, 0.5) is 0 Å². The van der Waals surface area contributed by atoms with E-state index in [4.69, 9.17) is 9.52 Å². The lowest BCUT2D eigenvalue weighted by atomic mass is 10.3. The first-order chi connectivity index (χ1) is 7.15. The highest BCUT2D eigenvalue weighted by Gasteiger charge is 2.22. The van der Waals surface area contributed by atoms with E-state index in [0.29, 0.717) is 19.0 Å². The maximum atomic E-state index is 10.5. The SMILES string of the molecule is O=C(O)c1coc(CN2CCC(O)C2)n1. The van der Waals surface area contributed by atoms with Gasteiger partial charge in [0, 0.05) is 13.1 Å². The molecule has 1 atom stereocenters. The third kappa shape index (κ3) is 2.34. The minimum absolute atomic E-state index is 0.0789.